The van der Waals surface area contributed by atoms with Gasteiger partial charge in [0.2, 0.25) is 0 Å². The van der Waals surface area contributed by atoms with Crippen LogP contribution in [0.4, 0.5) is 0 Å². The molecule has 2 bridgehead atoms. The fourth-order valence-electron chi connectivity index (χ4n) is 2.33. The number of alkyl halides is 2. The molecule has 2 aliphatic carbocycles. The first-order valence-electron chi connectivity index (χ1n) is 4.26. The molecule has 0 heterocycles. The Kier molecular flexibility index (Phi) is 2.40. The second kappa shape index (κ2) is 3.04. The molecular weight excluding hydrogens is 266 g/mol. The summed E-state index contributed by atoms with van der Waals surface area (Å²) < 4.78 is 0. The molecule has 1 fully saturated rings. The van der Waals surface area contributed by atoms with E-state index in [9.17, 15) is 4.79 Å². The number of Topliss-reactive ketones (excluding diaryl/α,β-unsaturated/α-hetero) is 1. The van der Waals surface area contributed by atoms with Gasteiger partial charge in [0.1, 0.15) is 5.78 Å². The first-order valence-corrected chi connectivity index (χ1v) is 5.77. The van der Waals surface area contributed by atoms with Crippen molar-refractivity contribution in [1.29, 1.82) is 0 Å². The number of halogens is 4. The molecule has 78 valence electrons. The number of rotatable bonds is 1. The lowest BCUT2D eigenvalue weighted by molar-refractivity contribution is -0.121. The number of hydrogen-bond donors (Lipinski definition) is 0. The molecule has 14 heavy (non-hydrogen) atoms. The van der Waals surface area contributed by atoms with Gasteiger partial charge in [0.05, 0.1) is 19.8 Å². The molecular formula is C9H8Cl4O. The van der Waals surface area contributed by atoms with E-state index < -0.39 is 9.75 Å². The number of carbonyl (C=O) groups is 1. The van der Waals surface area contributed by atoms with Crippen molar-refractivity contribution in [3.05, 3.63) is 10.1 Å². The number of fused-ring (bicyclic) bond motifs is 2. The third-order valence-corrected chi connectivity index (χ3v) is 5.49. The number of ketones is 1. The van der Waals surface area contributed by atoms with E-state index in [0.29, 0.717) is 22.9 Å². The first kappa shape index (κ1) is 11.1. The van der Waals surface area contributed by atoms with Crippen LogP contribution in [-0.4, -0.2) is 15.5 Å². The normalized spacial score (nSPS) is 46.2. The maximum absolute atomic E-state index is 11.4. The molecule has 5 heteroatoms. The highest BCUT2D eigenvalue weighted by molar-refractivity contribution is 6.51. The highest BCUT2D eigenvalue weighted by Gasteiger charge is 2.64. The van der Waals surface area contributed by atoms with Gasteiger partial charge in [-0.1, -0.05) is 23.2 Å². The summed E-state index contributed by atoms with van der Waals surface area (Å²) in [6, 6.07) is 0. The van der Waals surface area contributed by atoms with Crippen molar-refractivity contribution >= 4 is 52.2 Å². The molecule has 0 N–H and O–H groups in total. The molecule has 3 atom stereocenters. The Bertz CT molecular complexity index is 351. The van der Waals surface area contributed by atoms with E-state index in [0.717, 1.165) is 0 Å². The lowest BCUT2D eigenvalue weighted by atomic mass is 9.89. The van der Waals surface area contributed by atoms with Crippen LogP contribution in [0, 0.1) is 5.92 Å². The van der Waals surface area contributed by atoms with E-state index in [4.69, 9.17) is 46.4 Å². The number of hydrogen-bond acceptors (Lipinski definition) is 1. The molecule has 1 saturated carbocycles. The SMILES string of the molecule is CC(=O)C1CC2(Cl)CC1(Cl)C(Cl)=C2Cl. The van der Waals surface area contributed by atoms with Crippen LogP contribution >= 0.6 is 46.4 Å². The fraction of sp³-hybridized carbons (Fsp3) is 0.667. The minimum Gasteiger partial charge on any atom is -0.300 e. The van der Waals surface area contributed by atoms with Crippen LogP contribution in [0.3, 0.4) is 0 Å². The Balaban J connectivity index is 2.50. The van der Waals surface area contributed by atoms with E-state index in [1.54, 1.807) is 0 Å². The summed E-state index contributed by atoms with van der Waals surface area (Å²) in [5, 5.41) is 0.760. The highest BCUT2D eigenvalue weighted by atomic mass is 35.5. The third kappa shape index (κ3) is 1.19. The quantitative estimate of drug-likeness (QED) is 0.667. The summed E-state index contributed by atoms with van der Waals surface area (Å²) in [6.45, 7) is 1.51. The predicted molar refractivity (Wildman–Crippen MR) is 59.3 cm³/mol. The van der Waals surface area contributed by atoms with E-state index in [2.05, 4.69) is 0 Å². The van der Waals surface area contributed by atoms with E-state index in [1.807, 2.05) is 0 Å². The molecule has 0 amide bonds. The topological polar surface area (TPSA) is 17.1 Å². The molecule has 0 aromatic carbocycles. The first-order chi connectivity index (χ1) is 6.31. The van der Waals surface area contributed by atoms with Gasteiger partial charge in [0.25, 0.3) is 0 Å². The molecule has 1 nitrogen and oxygen atoms in total. The molecule has 0 saturated heterocycles. The number of allylic oxidation sites excluding steroid dienone is 2. The Morgan fingerprint density at radius 3 is 2.29 bits per heavy atom. The van der Waals surface area contributed by atoms with Crippen molar-refractivity contribution in [2.75, 3.05) is 0 Å². The summed E-state index contributed by atoms with van der Waals surface area (Å²) >= 11 is 24.6. The smallest absolute Gasteiger partial charge is 0.135 e. The molecule has 0 aromatic rings. The van der Waals surface area contributed by atoms with Crippen molar-refractivity contribution in [3.63, 3.8) is 0 Å². The van der Waals surface area contributed by atoms with Crippen LogP contribution < -0.4 is 0 Å². The minimum absolute atomic E-state index is 0.0184. The third-order valence-electron chi connectivity index (χ3n) is 3.06. The monoisotopic (exact) mass is 272 g/mol. The van der Waals surface area contributed by atoms with Crippen LogP contribution in [0.25, 0.3) is 0 Å². The Hall–Kier alpha value is 0.570. The molecule has 0 aromatic heterocycles. The fourth-order valence-corrected chi connectivity index (χ4v) is 4.20. The number of carbonyl (C=O) groups excluding carboxylic acids is 1. The Morgan fingerprint density at radius 1 is 1.36 bits per heavy atom. The van der Waals surface area contributed by atoms with Crippen LogP contribution in [0.15, 0.2) is 10.1 Å². The summed E-state index contributed by atoms with van der Waals surface area (Å²) in [5.74, 6) is -0.290. The largest absolute Gasteiger partial charge is 0.300 e. The molecule has 0 spiro atoms. The Morgan fingerprint density at radius 2 is 1.93 bits per heavy atom. The molecule has 0 radical (unpaired) electrons. The maximum atomic E-state index is 11.4. The maximum Gasteiger partial charge on any atom is 0.135 e. The summed E-state index contributed by atoms with van der Waals surface area (Å²) in [5.41, 5.74) is 0. The van der Waals surface area contributed by atoms with Crippen LogP contribution in [0.1, 0.15) is 19.8 Å². The highest BCUT2D eigenvalue weighted by Crippen LogP contribution is 2.65. The lowest BCUT2D eigenvalue weighted by Crippen LogP contribution is -2.32. The van der Waals surface area contributed by atoms with Crippen molar-refractivity contribution < 1.29 is 4.79 Å². The second-order valence-corrected chi connectivity index (χ2v) is 6.15. The van der Waals surface area contributed by atoms with E-state index in [1.165, 1.54) is 6.92 Å². The van der Waals surface area contributed by atoms with Gasteiger partial charge in [-0.15, -0.1) is 23.2 Å². The summed E-state index contributed by atoms with van der Waals surface area (Å²) in [4.78, 5) is 9.80. The average Bonchev–Trinajstić information content (AvgIpc) is 2.44. The van der Waals surface area contributed by atoms with E-state index in [-0.39, 0.29) is 11.7 Å². The Labute approximate surface area is 102 Å². The minimum atomic E-state index is -0.855. The molecule has 2 rings (SSSR count). The molecule has 2 aliphatic rings. The van der Waals surface area contributed by atoms with Gasteiger partial charge in [-0.05, 0) is 19.8 Å². The summed E-state index contributed by atoms with van der Waals surface area (Å²) in [6.07, 6.45) is 0.938. The van der Waals surface area contributed by atoms with Crippen LogP contribution in [0.2, 0.25) is 0 Å². The van der Waals surface area contributed by atoms with Gasteiger partial charge in [-0.2, -0.15) is 0 Å². The van der Waals surface area contributed by atoms with Crippen molar-refractivity contribution in [2.45, 2.75) is 29.5 Å². The van der Waals surface area contributed by atoms with Crippen molar-refractivity contribution in [2.24, 2.45) is 5.92 Å². The standard InChI is InChI=1S/C9H8Cl4O/c1-4(14)5-2-8(12)3-9(5,13)7(11)6(8)10/h5H,2-3H2,1H3. The molecule has 3 unspecified atom stereocenters. The van der Waals surface area contributed by atoms with Gasteiger partial charge in [-0.3, -0.25) is 4.79 Å². The van der Waals surface area contributed by atoms with Gasteiger partial charge >= 0.3 is 0 Å². The van der Waals surface area contributed by atoms with Crippen LogP contribution in [0.5, 0.6) is 0 Å². The van der Waals surface area contributed by atoms with Crippen LogP contribution in [-0.2, 0) is 4.79 Å². The van der Waals surface area contributed by atoms with E-state index >= 15 is 0 Å². The van der Waals surface area contributed by atoms with Crippen molar-refractivity contribution in [3.8, 4) is 0 Å². The summed E-state index contributed by atoms with van der Waals surface area (Å²) in [7, 11) is 0. The average molecular weight is 274 g/mol. The van der Waals surface area contributed by atoms with Gasteiger partial charge in [0, 0.05) is 5.92 Å². The zero-order chi connectivity index (χ0) is 10.7. The van der Waals surface area contributed by atoms with Crippen molar-refractivity contribution in [1.82, 2.24) is 0 Å². The van der Waals surface area contributed by atoms with Gasteiger partial charge < -0.3 is 0 Å². The predicted octanol–water partition coefficient (Wildman–Crippen LogP) is 3.64. The zero-order valence-electron chi connectivity index (χ0n) is 7.41. The lowest BCUT2D eigenvalue weighted by Gasteiger charge is -2.28. The second-order valence-electron chi connectivity index (χ2n) is 4.00. The zero-order valence-corrected chi connectivity index (χ0v) is 10.4. The molecule has 0 aliphatic heterocycles. The van der Waals surface area contributed by atoms with Gasteiger partial charge in [-0.25, -0.2) is 0 Å². The van der Waals surface area contributed by atoms with Gasteiger partial charge in [0.15, 0.2) is 0 Å².